The zero-order chi connectivity index (χ0) is 14.1. The molecule has 0 aliphatic carbocycles. The van der Waals surface area contributed by atoms with E-state index in [9.17, 15) is 13.9 Å². The normalized spacial score (nSPS) is 12.4. The third kappa shape index (κ3) is 2.90. The van der Waals surface area contributed by atoms with Gasteiger partial charge in [0.15, 0.2) is 11.5 Å². The van der Waals surface area contributed by atoms with Crippen LogP contribution in [0.3, 0.4) is 0 Å². The van der Waals surface area contributed by atoms with E-state index in [1.165, 1.54) is 40.2 Å². The van der Waals surface area contributed by atoms with Crippen molar-refractivity contribution in [3.63, 3.8) is 0 Å². The van der Waals surface area contributed by atoms with Crippen molar-refractivity contribution in [2.45, 2.75) is 32.3 Å². The van der Waals surface area contributed by atoms with Crippen LogP contribution in [-0.2, 0) is 11.5 Å². The summed E-state index contributed by atoms with van der Waals surface area (Å²) in [5.74, 6) is -2.56. The van der Waals surface area contributed by atoms with Gasteiger partial charge in [-0.15, -0.1) is 0 Å². The van der Waals surface area contributed by atoms with Crippen LogP contribution in [0.5, 0.6) is 11.5 Å². The number of halogens is 2. The van der Waals surface area contributed by atoms with Crippen molar-refractivity contribution in [1.29, 1.82) is 0 Å². The SMILES string of the molecule is COc1cc(C(C)(C)O)c(C(C)(F)F)cc1OC. The predicted molar refractivity (Wildman–Crippen MR) is 64.4 cm³/mol. The fourth-order valence-electron chi connectivity index (χ4n) is 1.75. The van der Waals surface area contributed by atoms with Crippen molar-refractivity contribution >= 4 is 0 Å². The number of benzene rings is 1. The van der Waals surface area contributed by atoms with Crippen LogP contribution >= 0.6 is 0 Å². The molecule has 0 aliphatic heterocycles. The van der Waals surface area contributed by atoms with E-state index in [0.717, 1.165) is 6.92 Å². The zero-order valence-corrected chi connectivity index (χ0v) is 11.2. The first-order valence-corrected chi connectivity index (χ1v) is 5.48. The summed E-state index contributed by atoms with van der Waals surface area (Å²) in [7, 11) is 2.79. The van der Waals surface area contributed by atoms with Gasteiger partial charge in [-0.3, -0.25) is 0 Å². The topological polar surface area (TPSA) is 38.7 Å². The Labute approximate surface area is 105 Å². The molecule has 3 nitrogen and oxygen atoms in total. The van der Waals surface area contributed by atoms with E-state index in [1.54, 1.807) is 0 Å². The highest BCUT2D eigenvalue weighted by molar-refractivity contribution is 5.50. The number of hydrogen-bond acceptors (Lipinski definition) is 3. The van der Waals surface area contributed by atoms with Crippen molar-refractivity contribution < 1.29 is 23.4 Å². The molecule has 0 spiro atoms. The Morgan fingerprint density at radius 2 is 1.33 bits per heavy atom. The summed E-state index contributed by atoms with van der Waals surface area (Å²) in [5, 5.41) is 9.99. The second-order valence-corrected chi connectivity index (χ2v) is 4.70. The molecule has 1 aromatic rings. The van der Waals surface area contributed by atoms with Crippen LogP contribution in [0.1, 0.15) is 31.9 Å². The van der Waals surface area contributed by atoms with E-state index in [0.29, 0.717) is 5.75 Å². The first kappa shape index (κ1) is 14.7. The molecule has 1 N–H and O–H groups in total. The molecule has 0 saturated carbocycles. The highest BCUT2D eigenvalue weighted by atomic mass is 19.3. The van der Waals surface area contributed by atoms with Crippen LogP contribution < -0.4 is 9.47 Å². The van der Waals surface area contributed by atoms with Crippen LogP contribution in [0.2, 0.25) is 0 Å². The average Bonchev–Trinajstić information content (AvgIpc) is 2.24. The second kappa shape index (κ2) is 4.72. The Hall–Kier alpha value is -1.36. The molecule has 0 aliphatic rings. The van der Waals surface area contributed by atoms with Crippen LogP contribution in [0.25, 0.3) is 0 Å². The van der Waals surface area contributed by atoms with E-state index >= 15 is 0 Å². The molecule has 5 heteroatoms. The van der Waals surface area contributed by atoms with E-state index in [1.807, 2.05) is 0 Å². The monoisotopic (exact) mass is 260 g/mol. The van der Waals surface area contributed by atoms with Gasteiger partial charge in [-0.05, 0) is 31.5 Å². The average molecular weight is 260 g/mol. The molecule has 0 amide bonds. The second-order valence-electron chi connectivity index (χ2n) is 4.70. The van der Waals surface area contributed by atoms with Gasteiger partial charge in [0.1, 0.15) is 0 Å². The molecule has 0 radical (unpaired) electrons. The molecule has 0 heterocycles. The molecule has 0 unspecified atom stereocenters. The van der Waals surface area contributed by atoms with Crippen LogP contribution in [0, 0.1) is 0 Å². The third-order valence-electron chi connectivity index (χ3n) is 2.66. The summed E-state index contributed by atoms with van der Waals surface area (Å²) in [6.45, 7) is 3.68. The highest BCUT2D eigenvalue weighted by Gasteiger charge is 2.34. The largest absolute Gasteiger partial charge is 0.493 e. The maximum absolute atomic E-state index is 13.6. The lowest BCUT2D eigenvalue weighted by molar-refractivity contribution is 0.00707. The molecular formula is C13H18F2O3. The van der Waals surface area contributed by atoms with Gasteiger partial charge in [0.2, 0.25) is 0 Å². The lowest BCUT2D eigenvalue weighted by Crippen LogP contribution is -2.23. The van der Waals surface area contributed by atoms with Gasteiger partial charge in [-0.2, -0.15) is 0 Å². The van der Waals surface area contributed by atoms with Crippen molar-refractivity contribution in [2.24, 2.45) is 0 Å². The van der Waals surface area contributed by atoms with Gasteiger partial charge in [-0.25, -0.2) is 8.78 Å². The minimum Gasteiger partial charge on any atom is -0.493 e. The first-order valence-electron chi connectivity index (χ1n) is 5.48. The molecule has 102 valence electrons. The number of aliphatic hydroxyl groups is 1. The lowest BCUT2D eigenvalue weighted by Gasteiger charge is -2.26. The van der Waals surface area contributed by atoms with Crippen LogP contribution in [0.4, 0.5) is 8.78 Å². The van der Waals surface area contributed by atoms with Gasteiger partial charge in [0.05, 0.1) is 19.8 Å². The van der Waals surface area contributed by atoms with Crippen molar-refractivity contribution in [3.8, 4) is 11.5 Å². The summed E-state index contributed by atoms with van der Waals surface area (Å²) < 4.78 is 37.2. The Bertz CT molecular complexity index is 390. The number of ether oxygens (including phenoxy) is 2. The fraction of sp³-hybridized carbons (Fsp3) is 0.538. The number of rotatable bonds is 4. The number of methoxy groups -OCH3 is 2. The van der Waals surface area contributed by atoms with E-state index in [4.69, 9.17) is 9.47 Å². The van der Waals surface area contributed by atoms with Gasteiger partial charge in [0, 0.05) is 12.5 Å². The Balaban J connectivity index is 3.57. The summed E-state index contributed by atoms with van der Waals surface area (Å²) in [5.41, 5.74) is -1.55. The Morgan fingerprint density at radius 3 is 1.61 bits per heavy atom. The van der Waals surface area contributed by atoms with E-state index in [-0.39, 0.29) is 16.9 Å². The van der Waals surface area contributed by atoms with Gasteiger partial charge in [0.25, 0.3) is 5.92 Å². The van der Waals surface area contributed by atoms with Crippen molar-refractivity contribution in [1.82, 2.24) is 0 Å². The van der Waals surface area contributed by atoms with E-state index in [2.05, 4.69) is 0 Å². The van der Waals surface area contributed by atoms with E-state index < -0.39 is 11.5 Å². The maximum Gasteiger partial charge on any atom is 0.271 e. The van der Waals surface area contributed by atoms with Gasteiger partial charge < -0.3 is 14.6 Å². The maximum atomic E-state index is 13.6. The smallest absolute Gasteiger partial charge is 0.271 e. The molecule has 0 saturated heterocycles. The summed E-state index contributed by atoms with van der Waals surface area (Å²) >= 11 is 0. The summed E-state index contributed by atoms with van der Waals surface area (Å²) in [6.07, 6.45) is 0. The Kier molecular flexibility index (Phi) is 3.86. The number of alkyl halides is 2. The summed E-state index contributed by atoms with van der Waals surface area (Å²) in [6, 6.07) is 2.58. The van der Waals surface area contributed by atoms with Crippen molar-refractivity contribution in [2.75, 3.05) is 14.2 Å². The molecule has 0 aromatic heterocycles. The Morgan fingerprint density at radius 1 is 0.944 bits per heavy atom. The fourth-order valence-corrected chi connectivity index (χ4v) is 1.75. The number of hydrogen-bond donors (Lipinski definition) is 1. The highest BCUT2D eigenvalue weighted by Crippen LogP contribution is 2.41. The summed E-state index contributed by atoms with van der Waals surface area (Å²) in [4.78, 5) is 0. The van der Waals surface area contributed by atoms with Gasteiger partial charge >= 0.3 is 0 Å². The molecular weight excluding hydrogens is 242 g/mol. The van der Waals surface area contributed by atoms with Crippen molar-refractivity contribution in [3.05, 3.63) is 23.3 Å². The predicted octanol–water partition coefficient (Wildman–Crippen LogP) is 3.04. The molecule has 1 aromatic carbocycles. The molecule has 0 bridgehead atoms. The molecule has 0 fully saturated rings. The first-order chi connectivity index (χ1) is 8.11. The minimum absolute atomic E-state index is 0.118. The zero-order valence-electron chi connectivity index (χ0n) is 11.2. The molecule has 1 rings (SSSR count). The standard InChI is InChI=1S/C13H18F2O3/c1-12(2,16)8-6-10(17-4)11(18-5)7-9(8)13(3,14)15/h6-7,16H,1-5H3. The molecule has 0 atom stereocenters. The van der Waals surface area contributed by atoms with Crippen LogP contribution in [0.15, 0.2) is 12.1 Å². The lowest BCUT2D eigenvalue weighted by atomic mass is 9.90. The minimum atomic E-state index is -3.07. The third-order valence-corrected chi connectivity index (χ3v) is 2.66. The molecule has 18 heavy (non-hydrogen) atoms. The quantitative estimate of drug-likeness (QED) is 0.904. The van der Waals surface area contributed by atoms with Gasteiger partial charge in [-0.1, -0.05) is 0 Å². The van der Waals surface area contributed by atoms with Crippen LogP contribution in [-0.4, -0.2) is 19.3 Å².